The van der Waals surface area contributed by atoms with Gasteiger partial charge in [0.25, 0.3) is 0 Å². The molecule has 0 aliphatic carbocycles. The highest BCUT2D eigenvalue weighted by atomic mass is 19.4. The van der Waals surface area contributed by atoms with Gasteiger partial charge >= 0.3 is 12.1 Å². The maximum atomic E-state index is 12.8. The molecule has 1 N–H and O–H groups in total. The molecule has 0 aromatic heterocycles. The lowest BCUT2D eigenvalue weighted by Crippen LogP contribution is -2.09. The first-order valence-corrected chi connectivity index (χ1v) is 12.0. The van der Waals surface area contributed by atoms with Crippen LogP contribution in [0.1, 0.15) is 73.0 Å². The number of halogens is 3. The third kappa shape index (κ3) is 7.70. The number of alkyl halides is 3. The van der Waals surface area contributed by atoms with E-state index in [0.29, 0.717) is 23.3 Å². The van der Waals surface area contributed by atoms with Crippen molar-refractivity contribution in [1.82, 2.24) is 0 Å². The predicted molar refractivity (Wildman–Crippen MR) is 132 cm³/mol. The molecule has 4 nitrogen and oxygen atoms in total. The first-order valence-electron chi connectivity index (χ1n) is 12.0. The van der Waals surface area contributed by atoms with Crippen molar-refractivity contribution in [2.75, 3.05) is 0 Å². The second-order valence-electron chi connectivity index (χ2n) is 8.64. The van der Waals surface area contributed by atoms with Crippen LogP contribution in [0.15, 0.2) is 72.8 Å². The van der Waals surface area contributed by atoms with Gasteiger partial charge in [-0.15, -0.1) is 0 Å². The number of unbranched alkanes of at least 4 members (excludes halogenated alkanes) is 1. The summed E-state index contributed by atoms with van der Waals surface area (Å²) in [4.78, 5) is 23.0. The van der Waals surface area contributed by atoms with E-state index in [9.17, 15) is 22.8 Å². The highest BCUT2D eigenvalue weighted by molar-refractivity contribution is 5.96. The van der Waals surface area contributed by atoms with E-state index in [1.54, 1.807) is 24.3 Å². The van der Waals surface area contributed by atoms with Crippen molar-refractivity contribution in [3.8, 4) is 16.9 Å². The van der Waals surface area contributed by atoms with Crippen LogP contribution >= 0.6 is 0 Å². The Kier molecular flexibility index (Phi) is 9.28. The van der Waals surface area contributed by atoms with Crippen LogP contribution in [0.3, 0.4) is 0 Å². The average molecular weight is 499 g/mol. The average Bonchev–Trinajstić information content (AvgIpc) is 2.86. The van der Waals surface area contributed by atoms with Crippen LogP contribution in [-0.2, 0) is 11.0 Å². The lowest BCUT2D eigenvalue weighted by atomic mass is 9.99. The van der Waals surface area contributed by atoms with E-state index in [1.807, 2.05) is 24.3 Å². The second-order valence-corrected chi connectivity index (χ2v) is 8.64. The van der Waals surface area contributed by atoms with Crippen LogP contribution in [0, 0.1) is 0 Å². The van der Waals surface area contributed by atoms with Gasteiger partial charge in [-0.3, -0.25) is 9.59 Å². The van der Waals surface area contributed by atoms with E-state index in [2.05, 4.69) is 6.92 Å². The third-order valence-corrected chi connectivity index (χ3v) is 5.90. The number of ether oxygens (including phenoxy) is 1. The number of carbonyl (C=O) groups is 2. The zero-order chi connectivity index (χ0) is 26.1. The fourth-order valence-electron chi connectivity index (χ4n) is 3.85. The standard InChI is InChI=1S/C29H29F3O4/c1-2-3-6-27(23-10-8-22(9-11-23)26(33)5-4-7-28(34)35)36-25-18-14-21(15-19-25)20-12-16-24(17-13-20)29(30,31)32/h8-19,27H,2-7H2,1H3,(H,34,35). The van der Waals surface area contributed by atoms with Crippen LogP contribution < -0.4 is 4.74 Å². The third-order valence-electron chi connectivity index (χ3n) is 5.90. The molecular formula is C29H29F3O4. The molecule has 1 atom stereocenters. The fourth-order valence-corrected chi connectivity index (χ4v) is 3.85. The molecule has 0 aliphatic rings. The number of Topliss-reactive ketones (excluding diaryl/α,β-unsaturated/α-hetero) is 1. The van der Waals surface area contributed by atoms with Gasteiger partial charge in [0.1, 0.15) is 11.9 Å². The maximum absolute atomic E-state index is 12.8. The predicted octanol–water partition coefficient (Wildman–Crippen LogP) is 8.12. The zero-order valence-electron chi connectivity index (χ0n) is 20.1. The summed E-state index contributed by atoms with van der Waals surface area (Å²) in [6.07, 6.45) is -1.41. The Labute approximate surface area is 208 Å². The number of carboxylic acid groups (broad SMARTS) is 1. The Hall–Kier alpha value is -3.61. The number of carboxylic acids is 1. The molecule has 0 spiro atoms. The van der Waals surface area contributed by atoms with Gasteiger partial charge in [0, 0.05) is 18.4 Å². The van der Waals surface area contributed by atoms with Gasteiger partial charge in [0.05, 0.1) is 5.56 Å². The molecule has 7 heteroatoms. The topological polar surface area (TPSA) is 63.6 Å². The van der Waals surface area contributed by atoms with E-state index < -0.39 is 17.7 Å². The van der Waals surface area contributed by atoms with Crippen molar-refractivity contribution in [2.45, 2.75) is 57.7 Å². The summed E-state index contributed by atoms with van der Waals surface area (Å²) < 4.78 is 44.7. The van der Waals surface area contributed by atoms with Crippen molar-refractivity contribution in [2.24, 2.45) is 0 Å². The van der Waals surface area contributed by atoms with Gasteiger partial charge in [-0.2, -0.15) is 13.2 Å². The monoisotopic (exact) mass is 498 g/mol. The van der Waals surface area contributed by atoms with Gasteiger partial charge < -0.3 is 9.84 Å². The number of hydrogen-bond donors (Lipinski definition) is 1. The van der Waals surface area contributed by atoms with Crippen molar-refractivity contribution in [1.29, 1.82) is 0 Å². The van der Waals surface area contributed by atoms with Crippen LogP contribution in [0.2, 0.25) is 0 Å². The van der Waals surface area contributed by atoms with E-state index in [0.717, 1.165) is 42.5 Å². The largest absolute Gasteiger partial charge is 0.486 e. The number of carbonyl (C=O) groups excluding carboxylic acids is 1. The van der Waals surface area contributed by atoms with E-state index in [-0.39, 0.29) is 24.7 Å². The summed E-state index contributed by atoms with van der Waals surface area (Å²) in [5.41, 5.74) is 2.25. The zero-order valence-corrected chi connectivity index (χ0v) is 20.1. The summed E-state index contributed by atoms with van der Waals surface area (Å²) in [6, 6.07) is 19.5. The fraction of sp³-hybridized carbons (Fsp3) is 0.310. The molecular weight excluding hydrogens is 469 g/mol. The first kappa shape index (κ1) is 27.0. The Morgan fingerprint density at radius 3 is 1.94 bits per heavy atom. The van der Waals surface area contributed by atoms with Crippen LogP contribution in [0.25, 0.3) is 11.1 Å². The molecule has 0 heterocycles. The van der Waals surface area contributed by atoms with Crippen LogP contribution in [-0.4, -0.2) is 16.9 Å². The molecule has 0 aliphatic heterocycles. The molecule has 36 heavy (non-hydrogen) atoms. The molecule has 0 fully saturated rings. The maximum Gasteiger partial charge on any atom is 0.416 e. The summed E-state index contributed by atoms with van der Waals surface area (Å²) >= 11 is 0. The van der Waals surface area contributed by atoms with Gasteiger partial charge in [-0.1, -0.05) is 61.9 Å². The number of ketones is 1. The Morgan fingerprint density at radius 1 is 0.833 bits per heavy atom. The summed E-state index contributed by atoms with van der Waals surface area (Å²) in [6.45, 7) is 2.09. The highest BCUT2D eigenvalue weighted by Gasteiger charge is 2.30. The molecule has 0 saturated heterocycles. The Morgan fingerprint density at radius 2 is 1.42 bits per heavy atom. The quantitative estimate of drug-likeness (QED) is 0.256. The van der Waals surface area contributed by atoms with Crippen LogP contribution in [0.4, 0.5) is 13.2 Å². The number of rotatable bonds is 12. The van der Waals surface area contributed by atoms with Gasteiger partial charge in [-0.25, -0.2) is 0 Å². The van der Waals surface area contributed by atoms with Gasteiger partial charge in [0.2, 0.25) is 0 Å². The minimum absolute atomic E-state index is 0.0333. The smallest absolute Gasteiger partial charge is 0.416 e. The first-order chi connectivity index (χ1) is 17.2. The van der Waals surface area contributed by atoms with E-state index in [1.165, 1.54) is 12.1 Å². The molecule has 3 rings (SSSR count). The van der Waals surface area contributed by atoms with Crippen molar-refractivity contribution in [3.63, 3.8) is 0 Å². The summed E-state index contributed by atoms with van der Waals surface area (Å²) in [5, 5.41) is 8.73. The molecule has 3 aromatic rings. The Balaban J connectivity index is 1.69. The van der Waals surface area contributed by atoms with Crippen molar-refractivity contribution >= 4 is 11.8 Å². The molecule has 3 aromatic carbocycles. The molecule has 190 valence electrons. The lowest BCUT2D eigenvalue weighted by Gasteiger charge is -2.20. The molecule has 0 saturated carbocycles. The van der Waals surface area contributed by atoms with Crippen LogP contribution in [0.5, 0.6) is 5.75 Å². The Bertz CT molecular complexity index is 1140. The summed E-state index contributed by atoms with van der Waals surface area (Å²) in [5.74, 6) is -0.366. The summed E-state index contributed by atoms with van der Waals surface area (Å²) in [7, 11) is 0. The number of aliphatic carboxylic acids is 1. The molecule has 0 bridgehead atoms. The SMILES string of the molecule is CCCCC(Oc1ccc(-c2ccc(C(F)(F)F)cc2)cc1)c1ccc(C(=O)CCCC(=O)O)cc1. The van der Waals surface area contributed by atoms with Crippen molar-refractivity contribution in [3.05, 3.63) is 89.5 Å². The van der Waals surface area contributed by atoms with Gasteiger partial charge in [0.15, 0.2) is 5.78 Å². The van der Waals surface area contributed by atoms with Crippen molar-refractivity contribution < 1.29 is 32.6 Å². The minimum atomic E-state index is -4.37. The number of benzene rings is 3. The molecule has 0 amide bonds. The lowest BCUT2D eigenvalue weighted by molar-refractivity contribution is -0.138. The van der Waals surface area contributed by atoms with Gasteiger partial charge in [-0.05, 0) is 60.2 Å². The molecule has 0 radical (unpaired) electrons. The highest BCUT2D eigenvalue weighted by Crippen LogP contribution is 2.32. The minimum Gasteiger partial charge on any atom is -0.486 e. The second kappa shape index (κ2) is 12.4. The normalized spacial score (nSPS) is 12.2. The van der Waals surface area contributed by atoms with E-state index in [4.69, 9.17) is 9.84 Å². The van der Waals surface area contributed by atoms with E-state index >= 15 is 0 Å². The number of hydrogen-bond acceptors (Lipinski definition) is 3. The molecule has 1 unspecified atom stereocenters.